The van der Waals surface area contributed by atoms with Crippen LogP contribution in [-0.2, 0) is 9.63 Å². The first kappa shape index (κ1) is 20.1. The molecule has 1 amide bonds. The minimum absolute atomic E-state index is 0.0431. The van der Waals surface area contributed by atoms with E-state index in [2.05, 4.69) is 15.2 Å². The normalized spacial score (nSPS) is 17.9. The molecule has 1 saturated heterocycles. The van der Waals surface area contributed by atoms with Gasteiger partial charge in [0.1, 0.15) is 30.8 Å². The Morgan fingerprint density at radius 1 is 1.37 bits per heavy atom. The number of ether oxygens (including phenoxy) is 3. The molecule has 160 valence electrons. The Hall–Kier alpha value is -3.20. The molecule has 3 heterocycles. The van der Waals surface area contributed by atoms with Crippen LogP contribution in [-0.4, -0.2) is 62.5 Å². The van der Waals surface area contributed by atoms with Crippen molar-refractivity contribution >= 4 is 23.0 Å². The van der Waals surface area contributed by atoms with Gasteiger partial charge in [-0.05, 0) is 18.2 Å². The Kier molecular flexibility index (Phi) is 5.80. The number of fused-ring (bicyclic) bond motifs is 1. The molecule has 1 atom stereocenters. The molecule has 1 aromatic carbocycles. The van der Waals surface area contributed by atoms with Gasteiger partial charge < -0.3 is 24.4 Å². The van der Waals surface area contributed by atoms with Crippen molar-refractivity contribution in [3.05, 3.63) is 30.5 Å². The Morgan fingerprint density at radius 2 is 2.23 bits per heavy atom. The van der Waals surface area contributed by atoms with E-state index >= 15 is 0 Å². The van der Waals surface area contributed by atoms with E-state index in [4.69, 9.17) is 19.0 Å². The third-order valence-corrected chi connectivity index (χ3v) is 5.07. The minimum Gasteiger partial charge on any atom is -0.490 e. The van der Waals surface area contributed by atoms with E-state index in [9.17, 15) is 4.79 Å². The summed E-state index contributed by atoms with van der Waals surface area (Å²) in [5, 5.41) is 4.49. The summed E-state index contributed by atoms with van der Waals surface area (Å²) in [7, 11) is 3.43. The number of amides is 1. The summed E-state index contributed by atoms with van der Waals surface area (Å²) in [5.41, 5.74) is 2.62. The summed E-state index contributed by atoms with van der Waals surface area (Å²) in [6.07, 6.45) is 1.97. The van der Waals surface area contributed by atoms with Crippen LogP contribution in [0.25, 0.3) is 0 Å². The molecule has 2 aromatic rings. The van der Waals surface area contributed by atoms with Gasteiger partial charge in [-0.1, -0.05) is 6.92 Å². The van der Waals surface area contributed by atoms with Crippen molar-refractivity contribution in [1.29, 1.82) is 0 Å². The fourth-order valence-electron chi connectivity index (χ4n) is 3.55. The van der Waals surface area contributed by atoms with Gasteiger partial charge in [-0.15, -0.1) is 0 Å². The standard InChI is InChI=1S/C21H26N4O5/c1-4-20(26)25-12-16(13-29-25)30-15-5-6-19-18(10-15)24(7-8-28-19)14-9-17(22-2)21(27-3)23-11-14/h5-6,9-11,16,22H,4,7-8,12-13H2,1-3H3. The third kappa shape index (κ3) is 3.93. The SMILES string of the molecule is CCC(=O)N1CC(Oc2ccc3c(c2)N(c2cnc(OC)c(NC)c2)CCO3)CO1. The molecule has 0 saturated carbocycles. The van der Waals surface area contributed by atoms with E-state index in [1.807, 2.05) is 38.2 Å². The molecule has 30 heavy (non-hydrogen) atoms. The van der Waals surface area contributed by atoms with Crippen LogP contribution in [0, 0.1) is 0 Å². The molecule has 4 rings (SSSR count). The minimum atomic E-state index is -0.213. The number of hydroxylamine groups is 2. The number of benzene rings is 1. The van der Waals surface area contributed by atoms with E-state index in [-0.39, 0.29) is 12.0 Å². The van der Waals surface area contributed by atoms with Crippen LogP contribution in [0.4, 0.5) is 17.1 Å². The van der Waals surface area contributed by atoms with Gasteiger partial charge >= 0.3 is 0 Å². The number of nitrogens with zero attached hydrogens (tertiary/aromatic N) is 3. The molecule has 9 nitrogen and oxygen atoms in total. The van der Waals surface area contributed by atoms with E-state index in [1.165, 1.54) is 5.06 Å². The number of carbonyl (C=O) groups is 1. The molecule has 1 aromatic heterocycles. The summed E-state index contributed by atoms with van der Waals surface area (Å²) >= 11 is 0. The second kappa shape index (κ2) is 8.66. The molecule has 2 aliphatic heterocycles. The van der Waals surface area contributed by atoms with Crippen LogP contribution in [0.15, 0.2) is 30.5 Å². The number of aromatic nitrogens is 1. The monoisotopic (exact) mass is 414 g/mol. The molecular formula is C21H26N4O5. The summed E-state index contributed by atoms with van der Waals surface area (Å²) in [6.45, 7) is 3.82. The molecule has 1 fully saturated rings. The van der Waals surface area contributed by atoms with Crippen LogP contribution >= 0.6 is 0 Å². The molecule has 9 heteroatoms. The summed E-state index contributed by atoms with van der Waals surface area (Å²) in [6, 6.07) is 7.71. The van der Waals surface area contributed by atoms with Gasteiger partial charge in [0.15, 0.2) is 0 Å². The lowest BCUT2D eigenvalue weighted by atomic mass is 10.2. The largest absolute Gasteiger partial charge is 0.490 e. The number of pyridine rings is 1. The number of nitrogens with one attached hydrogen (secondary N) is 1. The highest BCUT2D eigenvalue weighted by Crippen LogP contribution is 2.40. The first-order chi connectivity index (χ1) is 14.6. The Morgan fingerprint density at radius 3 is 3.00 bits per heavy atom. The number of anilines is 3. The maximum Gasteiger partial charge on any atom is 0.245 e. The van der Waals surface area contributed by atoms with Crippen molar-refractivity contribution in [2.24, 2.45) is 0 Å². The van der Waals surface area contributed by atoms with Crippen molar-refractivity contribution in [1.82, 2.24) is 10.0 Å². The van der Waals surface area contributed by atoms with Crippen molar-refractivity contribution in [3.8, 4) is 17.4 Å². The quantitative estimate of drug-likeness (QED) is 0.772. The van der Waals surface area contributed by atoms with Crippen LogP contribution < -0.4 is 24.4 Å². The zero-order chi connectivity index (χ0) is 21.1. The molecular weight excluding hydrogens is 388 g/mol. The predicted molar refractivity (Wildman–Crippen MR) is 112 cm³/mol. The highest BCUT2D eigenvalue weighted by molar-refractivity contribution is 5.75. The molecule has 0 radical (unpaired) electrons. The van der Waals surface area contributed by atoms with Gasteiger partial charge in [-0.25, -0.2) is 10.0 Å². The smallest absolute Gasteiger partial charge is 0.245 e. The first-order valence-corrected chi connectivity index (χ1v) is 9.99. The van der Waals surface area contributed by atoms with Crippen molar-refractivity contribution in [2.75, 3.05) is 50.7 Å². The molecule has 1 unspecified atom stereocenters. The lowest BCUT2D eigenvalue weighted by Crippen LogP contribution is -2.30. The molecule has 2 aliphatic rings. The fourth-order valence-corrected chi connectivity index (χ4v) is 3.55. The van der Waals surface area contributed by atoms with Gasteiger partial charge in [-0.3, -0.25) is 9.63 Å². The average Bonchev–Trinajstić information content (AvgIpc) is 3.26. The van der Waals surface area contributed by atoms with Crippen LogP contribution in [0.1, 0.15) is 13.3 Å². The number of carbonyl (C=O) groups excluding carboxylic acids is 1. The van der Waals surface area contributed by atoms with Crippen molar-refractivity contribution in [3.63, 3.8) is 0 Å². The fraction of sp³-hybridized carbons (Fsp3) is 0.429. The van der Waals surface area contributed by atoms with E-state index in [1.54, 1.807) is 13.3 Å². The molecule has 1 N–H and O–H groups in total. The van der Waals surface area contributed by atoms with E-state index in [0.29, 0.717) is 44.4 Å². The van der Waals surface area contributed by atoms with Gasteiger partial charge in [0, 0.05) is 19.5 Å². The number of methoxy groups -OCH3 is 1. The highest BCUT2D eigenvalue weighted by Gasteiger charge is 2.29. The summed E-state index contributed by atoms with van der Waals surface area (Å²) in [5.74, 6) is 1.97. The van der Waals surface area contributed by atoms with Gasteiger partial charge in [-0.2, -0.15) is 0 Å². The van der Waals surface area contributed by atoms with Crippen molar-refractivity contribution < 1.29 is 23.8 Å². The molecule has 0 bridgehead atoms. The Labute approximate surface area is 175 Å². The summed E-state index contributed by atoms with van der Waals surface area (Å²) < 4.78 is 17.2. The molecule has 0 spiro atoms. The third-order valence-electron chi connectivity index (χ3n) is 5.07. The van der Waals surface area contributed by atoms with Crippen molar-refractivity contribution in [2.45, 2.75) is 19.4 Å². The zero-order valence-electron chi connectivity index (χ0n) is 17.4. The number of hydrogen-bond donors (Lipinski definition) is 1. The van der Waals surface area contributed by atoms with Crippen LogP contribution in [0.5, 0.6) is 17.4 Å². The van der Waals surface area contributed by atoms with E-state index in [0.717, 1.165) is 22.8 Å². The zero-order valence-corrected chi connectivity index (χ0v) is 17.4. The second-order valence-corrected chi connectivity index (χ2v) is 6.97. The summed E-state index contributed by atoms with van der Waals surface area (Å²) in [4.78, 5) is 23.8. The average molecular weight is 414 g/mol. The molecule has 0 aliphatic carbocycles. The number of hydrogen-bond acceptors (Lipinski definition) is 8. The predicted octanol–water partition coefficient (Wildman–Crippen LogP) is 2.59. The first-order valence-electron chi connectivity index (χ1n) is 9.99. The number of rotatable bonds is 6. The second-order valence-electron chi connectivity index (χ2n) is 6.97. The van der Waals surface area contributed by atoms with Crippen LogP contribution in [0.3, 0.4) is 0 Å². The lowest BCUT2D eigenvalue weighted by molar-refractivity contribution is -0.168. The maximum absolute atomic E-state index is 11.8. The maximum atomic E-state index is 11.8. The lowest BCUT2D eigenvalue weighted by Gasteiger charge is -2.32. The Balaban J connectivity index is 1.56. The van der Waals surface area contributed by atoms with Crippen LogP contribution in [0.2, 0.25) is 0 Å². The van der Waals surface area contributed by atoms with Gasteiger partial charge in [0.25, 0.3) is 0 Å². The van der Waals surface area contributed by atoms with Gasteiger partial charge in [0.05, 0.1) is 43.5 Å². The van der Waals surface area contributed by atoms with E-state index < -0.39 is 0 Å². The van der Waals surface area contributed by atoms with Gasteiger partial charge in [0.2, 0.25) is 11.8 Å². The topological polar surface area (TPSA) is 85.4 Å². The highest BCUT2D eigenvalue weighted by atomic mass is 16.7. The Bertz CT molecular complexity index is 922.